The molecular formula is C16H20N4O3. The smallest absolute Gasteiger partial charge is 0.410 e. The molecule has 1 aliphatic heterocycles. The fourth-order valence-electron chi connectivity index (χ4n) is 2.74. The van der Waals surface area contributed by atoms with Crippen molar-refractivity contribution in [3.05, 3.63) is 24.3 Å². The summed E-state index contributed by atoms with van der Waals surface area (Å²) in [7, 11) is 0. The minimum absolute atomic E-state index is 0.248. The highest BCUT2D eigenvalue weighted by Gasteiger charge is 2.38. The summed E-state index contributed by atoms with van der Waals surface area (Å²) < 4.78 is 6.68. The van der Waals surface area contributed by atoms with Gasteiger partial charge in [-0.25, -0.2) is 4.79 Å². The first-order valence-electron chi connectivity index (χ1n) is 7.71. The summed E-state index contributed by atoms with van der Waals surface area (Å²) in [5.41, 5.74) is 0.712. The molecule has 7 nitrogen and oxygen atoms in total. The number of nitrogens with zero attached hydrogens (tertiary/aromatic N) is 4. The van der Waals surface area contributed by atoms with Gasteiger partial charge in [0, 0.05) is 6.54 Å². The molecule has 1 atom stereocenters. The first kappa shape index (κ1) is 15.5. The number of carbonyl (C=O) groups is 2. The minimum atomic E-state index is -0.590. The van der Waals surface area contributed by atoms with Crippen LogP contribution >= 0.6 is 0 Å². The molecule has 0 radical (unpaired) electrons. The van der Waals surface area contributed by atoms with Crippen LogP contribution in [0.15, 0.2) is 24.3 Å². The van der Waals surface area contributed by atoms with E-state index in [0.29, 0.717) is 24.0 Å². The van der Waals surface area contributed by atoms with Crippen LogP contribution in [0.5, 0.6) is 0 Å². The van der Waals surface area contributed by atoms with Crippen LogP contribution in [0.25, 0.3) is 11.0 Å². The molecule has 1 fully saturated rings. The molecule has 2 aromatic rings. The van der Waals surface area contributed by atoms with Crippen LogP contribution in [0.2, 0.25) is 0 Å². The largest absolute Gasteiger partial charge is 0.444 e. The highest BCUT2D eigenvalue weighted by Crippen LogP contribution is 2.23. The van der Waals surface area contributed by atoms with Gasteiger partial charge in [0.2, 0.25) is 0 Å². The SMILES string of the molecule is CC(C)(C)OC(=O)N1CCC[C@H]1C(=O)n1nnc2ccccc21. The highest BCUT2D eigenvalue weighted by molar-refractivity contribution is 5.93. The van der Waals surface area contributed by atoms with Gasteiger partial charge in [0.05, 0.1) is 5.52 Å². The van der Waals surface area contributed by atoms with E-state index < -0.39 is 17.7 Å². The molecule has 0 spiro atoms. The number of aromatic nitrogens is 3. The van der Waals surface area contributed by atoms with Crippen LogP contribution in [-0.2, 0) is 4.74 Å². The van der Waals surface area contributed by atoms with Crippen molar-refractivity contribution in [1.82, 2.24) is 19.9 Å². The lowest BCUT2D eigenvalue weighted by molar-refractivity contribution is 0.0208. The average molecular weight is 316 g/mol. The second-order valence-electron chi connectivity index (χ2n) is 6.66. The van der Waals surface area contributed by atoms with Crippen molar-refractivity contribution < 1.29 is 14.3 Å². The van der Waals surface area contributed by atoms with E-state index in [0.717, 1.165) is 6.42 Å². The van der Waals surface area contributed by atoms with Crippen molar-refractivity contribution in [2.24, 2.45) is 0 Å². The van der Waals surface area contributed by atoms with Crippen LogP contribution in [-0.4, -0.2) is 50.1 Å². The van der Waals surface area contributed by atoms with Gasteiger partial charge in [-0.2, -0.15) is 4.68 Å². The van der Waals surface area contributed by atoms with E-state index in [4.69, 9.17) is 4.74 Å². The van der Waals surface area contributed by atoms with Gasteiger partial charge in [-0.1, -0.05) is 17.3 Å². The lowest BCUT2D eigenvalue weighted by Gasteiger charge is -2.27. The van der Waals surface area contributed by atoms with Crippen molar-refractivity contribution >= 4 is 23.0 Å². The van der Waals surface area contributed by atoms with Gasteiger partial charge in [-0.3, -0.25) is 9.69 Å². The van der Waals surface area contributed by atoms with Gasteiger partial charge in [-0.05, 0) is 45.7 Å². The Kier molecular flexibility index (Phi) is 3.79. The van der Waals surface area contributed by atoms with Crippen molar-refractivity contribution in [2.45, 2.75) is 45.3 Å². The molecule has 0 saturated carbocycles. The van der Waals surface area contributed by atoms with Crippen LogP contribution in [0.3, 0.4) is 0 Å². The summed E-state index contributed by atoms with van der Waals surface area (Å²) in [4.78, 5) is 26.6. The Hall–Kier alpha value is -2.44. The van der Waals surface area contributed by atoms with Gasteiger partial charge in [0.25, 0.3) is 5.91 Å². The zero-order valence-corrected chi connectivity index (χ0v) is 13.5. The normalized spacial score (nSPS) is 18.4. The number of hydrogen-bond acceptors (Lipinski definition) is 5. The molecule has 122 valence electrons. The van der Waals surface area contributed by atoms with E-state index in [1.807, 2.05) is 32.9 Å². The van der Waals surface area contributed by atoms with Gasteiger partial charge >= 0.3 is 6.09 Å². The number of ether oxygens (including phenoxy) is 1. The molecule has 3 rings (SSSR count). The Morgan fingerprint density at radius 2 is 2.00 bits per heavy atom. The van der Waals surface area contributed by atoms with Crippen molar-refractivity contribution in [2.75, 3.05) is 6.54 Å². The highest BCUT2D eigenvalue weighted by atomic mass is 16.6. The number of rotatable bonds is 1. The van der Waals surface area contributed by atoms with Gasteiger partial charge in [0.15, 0.2) is 0 Å². The molecule has 0 bridgehead atoms. The summed E-state index contributed by atoms with van der Waals surface area (Å²) in [6.45, 7) is 5.94. The first-order chi connectivity index (χ1) is 10.9. The molecule has 0 unspecified atom stereocenters. The maximum absolute atomic E-state index is 12.8. The molecule has 7 heteroatoms. The molecule has 0 N–H and O–H groups in total. The van der Waals surface area contributed by atoms with E-state index in [1.165, 1.54) is 9.58 Å². The van der Waals surface area contributed by atoms with E-state index in [-0.39, 0.29) is 5.91 Å². The maximum Gasteiger partial charge on any atom is 0.410 e. The fraction of sp³-hybridized carbons (Fsp3) is 0.500. The summed E-state index contributed by atoms with van der Waals surface area (Å²) in [6.07, 6.45) is 0.909. The summed E-state index contributed by atoms with van der Waals surface area (Å²) >= 11 is 0. The number of benzene rings is 1. The summed E-state index contributed by atoms with van der Waals surface area (Å²) in [6, 6.07) is 6.70. The molecule has 1 saturated heterocycles. The van der Waals surface area contributed by atoms with E-state index in [2.05, 4.69) is 10.3 Å². The third-order valence-corrected chi connectivity index (χ3v) is 3.73. The predicted molar refractivity (Wildman–Crippen MR) is 84.1 cm³/mol. The Morgan fingerprint density at radius 1 is 1.26 bits per heavy atom. The van der Waals surface area contributed by atoms with Gasteiger partial charge in [0.1, 0.15) is 17.2 Å². The molecule has 1 aromatic carbocycles. The van der Waals surface area contributed by atoms with Crippen molar-refractivity contribution in [1.29, 1.82) is 0 Å². The van der Waals surface area contributed by atoms with Crippen LogP contribution in [0, 0.1) is 0 Å². The molecule has 23 heavy (non-hydrogen) atoms. The monoisotopic (exact) mass is 316 g/mol. The molecule has 1 aromatic heterocycles. The number of fused-ring (bicyclic) bond motifs is 1. The lowest BCUT2D eigenvalue weighted by atomic mass is 10.2. The van der Waals surface area contributed by atoms with Crippen LogP contribution < -0.4 is 0 Å². The molecular weight excluding hydrogens is 296 g/mol. The lowest BCUT2D eigenvalue weighted by Crippen LogP contribution is -2.45. The minimum Gasteiger partial charge on any atom is -0.444 e. The first-order valence-corrected chi connectivity index (χ1v) is 7.71. The van der Waals surface area contributed by atoms with Crippen LogP contribution in [0.4, 0.5) is 4.79 Å². The Morgan fingerprint density at radius 3 is 2.74 bits per heavy atom. The Labute approximate surface area is 134 Å². The number of likely N-dealkylation sites (tertiary alicyclic amines) is 1. The zero-order chi connectivity index (χ0) is 16.6. The Bertz CT molecular complexity index is 747. The standard InChI is InChI=1S/C16H20N4O3/c1-16(2,3)23-15(22)19-10-6-9-13(19)14(21)20-12-8-5-4-7-11(12)17-18-20/h4-5,7-8,13H,6,9-10H2,1-3H3/t13-/m0/s1. The maximum atomic E-state index is 12.8. The number of hydrogen-bond donors (Lipinski definition) is 0. The average Bonchev–Trinajstić information content (AvgIpc) is 3.12. The van der Waals surface area contributed by atoms with E-state index >= 15 is 0 Å². The molecule has 0 aliphatic carbocycles. The predicted octanol–water partition coefficient (Wildman–Crippen LogP) is 2.47. The second-order valence-corrected chi connectivity index (χ2v) is 6.66. The fourth-order valence-corrected chi connectivity index (χ4v) is 2.74. The zero-order valence-electron chi connectivity index (χ0n) is 13.5. The third kappa shape index (κ3) is 3.04. The van der Waals surface area contributed by atoms with Gasteiger partial charge < -0.3 is 4.74 Å². The number of amides is 1. The number of para-hydroxylation sites is 1. The number of carbonyl (C=O) groups excluding carboxylic acids is 2. The van der Waals surface area contributed by atoms with Crippen molar-refractivity contribution in [3.8, 4) is 0 Å². The second kappa shape index (κ2) is 5.64. The Balaban J connectivity index is 1.85. The summed E-state index contributed by atoms with van der Waals surface area (Å²) in [5.74, 6) is -0.248. The van der Waals surface area contributed by atoms with Gasteiger partial charge in [-0.15, -0.1) is 5.10 Å². The molecule has 1 aliphatic rings. The van der Waals surface area contributed by atoms with E-state index in [1.54, 1.807) is 12.1 Å². The van der Waals surface area contributed by atoms with Crippen molar-refractivity contribution in [3.63, 3.8) is 0 Å². The molecule has 2 heterocycles. The molecule has 1 amide bonds. The topological polar surface area (TPSA) is 77.3 Å². The third-order valence-electron chi connectivity index (χ3n) is 3.73. The van der Waals surface area contributed by atoms with E-state index in [9.17, 15) is 9.59 Å². The summed E-state index contributed by atoms with van der Waals surface area (Å²) in [5, 5.41) is 7.94. The quantitative estimate of drug-likeness (QED) is 0.807. The van der Waals surface area contributed by atoms with Crippen LogP contribution in [0.1, 0.15) is 38.4 Å².